The third-order valence-electron chi connectivity index (χ3n) is 3.19. The van der Waals surface area contributed by atoms with Gasteiger partial charge in [-0.2, -0.15) is 5.10 Å². The predicted molar refractivity (Wildman–Crippen MR) is 85.7 cm³/mol. The van der Waals surface area contributed by atoms with Gasteiger partial charge < -0.3 is 5.32 Å². The Hall–Kier alpha value is -1.95. The largest absolute Gasteiger partial charge is 0.346 e. The van der Waals surface area contributed by atoms with Crippen LogP contribution in [-0.2, 0) is 6.54 Å². The summed E-state index contributed by atoms with van der Waals surface area (Å²) in [6.07, 6.45) is 0. The molecule has 0 bridgehead atoms. The molecule has 1 aromatic heterocycles. The summed E-state index contributed by atoms with van der Waals surface area (Å²) in [4.78, 5) is 24.3. The van der Waals surface area contributed by atoms with Crippen molar-refractivity contribution in [3.8, 4) is 0 Å². The van der Waals surface area contributed by atoms with E-state index in [4.69, 9.17) is 0 Å². The summed E-state index contributed by atoms with van der Waals surface area (Å²) >= 11 is 0. The van der Waals surface area contributed by atoms with Crippen molar-refractivity contribution >= 4 is 46.4 Å². The number of nitrogens with zero attached hydrogens (tertiary/aromatic N) is 1. The Morgan fingerprint density at radius 2 is 1.73 bits per heavy atom. The Kier molecular flexibility index (Phi) is 5.49. The molecule has 0 spiro atoms. The summed E-state index contributed by atoms with van der Waals surface area (Å²) < 4.78 is 0. The van der Waals surface area contributed by atoms with Crippen LogP contribution in [0.25, 0.3) is 10.9 Å². The SMILES string of the molecule is O=C(NCc1ccccc1)c1n[nH]c2ccccc2c1=O.[Na]. The molecule has 1 heterocycles. The number of hydrogen-bond donors (Lipinski definition) is 2. The fourth-order valence-electron chi connectivity index (χ4n) is 2.09. The van der Waals surface area contributed by atoms with Crippen molar-refractivity contribution in [2.75, 3.05) is 0 Å². The molecule has 105 valence electrons. The van der Waals surface area contributed by atoms with Crippen molar-refractivity contribution in [2.45, 2.75) is 6.54 Å². The number of nitrogens with one attached hydrogen (secondary N) is 2. The Morgan fingerprint density at radius 1 is 1.05 bits per heavy atom. The number of H-pyrrole nitrogens is 1. The van der Waals surface area contributed by atoms with Crippen LogP contribution >= 0.6 is 0 Å². The number of fused-ring (bicyclic) bond motifs is 1. The molecule has 1 amide bonds. The van der Waals surface area contributed by atoms with Crippen LogP contribution in [0.1, 0.15) is 16.1 Å². The average molecular weight is 302 g/mol. The molecule has 1 radical (unpaired) electrons. The summed E-state index contributed by atoms with van der Waals surface area (Å²) in [5.74, 6) is -0.481. The predicted octanol–water partition coefficient (Wildman–Crippen LogP) is 1.47. The smallest absolute Gasteiger partial charge is 0.276 e. The van der Waals surface area contributed by atoms with Gasteiger partial charge in [0.1, 0.15) is 0 Å². The van der Waals surface area contributed by atoms with E-state index < -0.39 is 5.91 Å². The van der Waals surface area contributed by atoms with Gasteiger partial charge in [-0.25, -0.2) is 0 Å². The zero-order chi connectivity index (χ0) is 14.7. The van der Waals surface area contributed by atoms with E-state index in [-0.39, 0.29) is 40.7 Å². The summed E-state index contributed by atoms with van der Waals surface area (Å²) in [5.41, 5.74) is 1.09. The maximum absolute atomic E-state index is 12.2. The minimum atomic E-state index is -0.481. The van der Waals surface area contributed by atoms with Gasteiger partial charge in [0.25, 0.3) is 5.91 Å². The van der Waals surface area contributed by atoms with Gasteiger partial charge in [0.05, 0.1) is 5.52 Å². The monoisotopic (exact) mass is 302 g/mol. The second kappa shape index (κ2) is 7.35. The fourth-order valence-corrected chi connectivity index (χ4v) is 2.09. The maximum atomic E-state index is 12.2. The minimum absolute atomic E-state index is 0. The van der Waals surface area contributed by atoms with Crippen molar-refractivity contribution in [3.63, 3.8) is 0 Å². The number of aromatic nitrogens is 2. The van der Waals surface area contributed by atoms with E-state index in [9.17, 15) is 9.59 Å². The van der Waals surface area contributed by atoms with E-state index in [0.717, 1.165) is 5.56 Å². The van der Waals surface area contributed by atoms with Crippen LogP contribution in [0.3, 0.4) is 0 Å². The molecule has 0 saturated heterocycles. The Labute approximate surface area is 149 Å². The maximum Gasteiger partial charge on any atom is 0.276 e. The number of rotatable bonds is 3. The van der Waals surface area contributed by atoms with Crippen LogP contribution < -0.4 is 10.7 Å². The Bertz CT molecular complexity index is 847. The Balaban J connectivity index is 0.00000176. The van der Waals surface area contributed by atoms with E-state index >= 15 is 0 Å². The first-order chi connectivity index (χ1) is 10.3. The van der Waals surface area contributed by atoms with E-state index in [1.54, 1.807) is 24.3 Å². The zero-order valence-electron chi connectivity index (χ0n) is 12.2. The van der Waals surface area contributed by atoms with Crippen molar-refractivity contribution in [1.29, 1.82) is 0 Å². The molecule has 2 aromatic carbocycles. The van der Waals surface area contributed by atoms with Crippen LogP contribution in [0.2, 0.25) is 0 Å². The van der Waals surface area contributed by atoms with E-state index in [1.165, 1.54) is 0 Å². The van der Waals surface area contributed by atoms with Crippen molar-refractivity contribution in [1.82, 2.24) is 15.5 Å². The number of aromatic amines is 1. The summed E-state index contributed by atoms with van der Waals surface area (Å²) in [5, 5.41) is 9.75. The normalized spacial score (nSPS) is 10.0. The second-order valence-electron chi connectivity index (χ2n) is 4.62. The van der Waals surface area contributed by atoms with Crippen LogP contribution in [0.5, 0.6) is 0 Å². The number of carbonyl (C=O) groups is 1. The van der Waals surface area contributed by atoms with Gasteiger partial charge in [-0.15, -0.1) is 0 Å². The molecule has 5 nitrogen and oxygen atoms in total. The van der Waals surface area contributed by atoms with Gasteiger partial charge in [0.2, 0.25) is 5.43 Å². The van der Waals surface area contributed by atoms with Crippen molar-refractivity contribution in [2.24, 2.45) is 0 Å². The first-order valence-electron chi connectivity index (χ1n) is 6.55. The standard InChI is InChI=1S/C16H13N3O2.Na/c20-15-12-8-4-5-9-13(12)18-19-14(15)16(21)17-10-11-6-2-1-3-7-11;/h1-9H,10H2,(H,17,21)(H,18,20);. The van der Waals surface area contributed by atoms with Crippen molar-refractivity contribution < 1.29 is 4.79 Å². The second-order valence-corrected chi connectivity index (χ2v) is 4.62. The van der Waals surface area contributed by atoms with Gasteiger partial charge in [0, 0.05) is 41.5 Å². The van der Waals surface area contributed by atoms with E-state index in [2.05, 4.69) is 15.5 Å². The quantitative estimate of drug-likeness (QED) is 0.720. The molecule has 0 aliphatic rings. The molecular formula is C16H13N3NaO2. The van der Waals surface area contributed by atoms with Gasteiger partial charge in [-0.1, -0.05) is 42.5 Å². The first-order valence-corrected chi connectivity index (χ1v) is 6.55. The minimum Gasteiger partial charge on any atom is -0.346 e. The summed E-state index contributed by atoms with van der Waals surface area (Å²) in [6.45, 7) is 0.355. The molecule has 22 heavy (non-hydrogen) atoms. The van der Waals surface area contributed by atoms with Crippen LogP contribution in [0.4, 0.5) is 0 Å². The Morgan fingerprint density at radius 3 is 2.50 bits per heavy atom. The molecule has 0 aliphatic heterocycles. The fraction of sp³-hybridized carbons (Fsp3) is 0.0625. The average Bonchev–Trinajstić information content (AvgIpc) is 2.54. The number of carbonyl (C=O) groups excluding carboxylic acids is 1. The van der Waals surface area contributed by atoms with Gasteiger partial charge in [-0.05, 0) is 17.7 Å². The third kappa shape index (κ3) is 3.44. The van der Waals surface area contributed by atoms with Crippen molar-refractivity contribution in [3.05, 3.63) is 76.1 Å². The van der Waals surface area contributed by atoms with Gasteiger partial charge in [0.15, 0.2) is 5.69 Å². The summed E-state index contributed by atoms with van der Waals surface area (Å²) in [7, 11) is 0. The number of hydrogen-bond acceptors (Lipinski definition) is 3. The van der Waals surface area contributed by atoms with Crippen LogP contribution in [0, 0.1) is 0 Å². The number of para-hydroxylation sites is 1. The van der Waals surface area contributed by atoms with E-state index in [1.807, 2.05) is 30.3 Å². The molecule has 0 unspecified atom stereocenters. The van der Waals surface area contributed by atoms with Crippen LogP contribution in [-0.4, -0.2) is 45.7 Å². The van der Waals surface area contributed by atoms with Crippen LogP contribution in [0.15, 0.2) is 59.4 Å². The number of benzene rings is 2. The molecule has 0 saturated carbocycles. The molecule has 0 fully saturated rings. The molecule has 0 aliphatic carbocycles. The van der Waals surface area contributed by atoms with E-state index in [0.29, 0.717) is 17.4 Å². The molecular weight excluding hydrogens is 289 g/mol. The molecule has 2 N–H and O–H groups in total. The molecule has 0 atom stereocenters. The molecule has 3 rings (SSSR count). The van der Waals surface area contributed by atoms with Gasteiger partial charge >= 0.3 is 0 Å². The zero-order valence-corrected chi connectivity index (χ0v) is 14.2. The number of amides is 1. The first kappa shape index (κ1) is 16.4. The molecule has 3 aromatic rings. The third-order valence-corrected chi connectivity index (χ3v) is 3.19. The molecule has 6 heteroatoms. The summed E-state index contributed by atoms with van der Waals surface area (Å²) in [6, 6.07) is 16.5. The van der Waals surface area contributed by atoms with Gasteiger partial charge in [-0.3, -0.25) is 14.7 Å². The topological polar surface area (TPSA) is 74.8 Å².